The lowest BCUT2D eigenvalue weighted by molar-refractivity contribution is 0.0690. The van der Waals surface area contributed by atoms with Gasteiger partial charge in [0.15, 0.2) is 11.6 Å². The summed E-state index contributed by atoms with van der Waals surface area (Å²) in [5, 5.41) is 11.5. The third-order valence-corrected chi connectivity index (χ3v) is 2.75. The summed E-state index contributed by atoms with van der Waals surface area (Å²) in [6.45, 7) is 1.90. The second-order valence-electron chi connectivity index (χ2n) is 4.28. The van der Waals surface area contributed by atoms with Crippen molar-refractivity contribution >= 4 is 11.7 Å². The summed E-state index contributed by atoms with van der Waals surface area (Å²) in [6.07, 6.45) is 1.80. The number of carbonyl (C=O) groups is 1. The third-order valence-electron chi connectivity index (χ3n) is 2.75. The number of aromatic carboxylic acids is 1. The summed E-state index contributed by atoms with van der Waals surface area (Å²) in [5.74, 6) is -3.92. The van der Waals surface area contributed by atoms with Crippen LogP contribution in [0.2, 0.25) is 0 Å². The van der Waals surface area contributed by atoms with Gasteiger partial charge in [-0.3, -0.25) is 0 Å². The molecule has 0 aliphatic heterocycles. The SMILES string of the molecule is CC1(Nc2ccc(C(=O)O)c(F)c2F)CC1. The van der Waals surface area contributed by atoms with E-state index in [0.29, 0.717) is 0 Å². The van der Waals surface area contributed by atoms with E-state index in [4.69, 9.17) is 5.11 Å². The maximum Gasteiger partial charge on any atom is 0.338 e. The number of halogens is 2. The molecular weight excluding hydrogens is 216 g/mol. The van der Waals surface area contributed by atoms with Crippen molar-refractivity contribution in [2.24, 2.45) is 0 Å². The van der Waals surface area contributed by atoms with Gasteiger partial charge in [0, 0.05) is 5.54 Å². The first-order valence-electron chi connectivity index (χ1n) is 4.92. The van der Waals surface area contributed by atoms with E-state index in [-0.39, 0.29) is 11.2 Å². The predicted molar refractivity (Wildman–Crippen MR) is 54.6 cm³/mol. The van der Waals surface area contributed by atoms with Gasteiger partial charge >= 0.3 is 5.97 Å². The van der Waals surface area contributed by atoms with Crippen LogP contribution in [0, 0.1) is 11.6 Å². The second-order valence-corrected chi connectivity index (χ2v) is 4.28. The van der Waals surface area contributed by atoms with Gasteiger partial charge in [0.1, 0.15) is 0 Å². The molecule has 1 fully saturated rings. The monoisotopic (exact) mass is 227 g/mol. The zero-order chi connectivity index (χ0) is 11.9. The van der Waals surface area contributed by atoms with Crippen molar-refractivity contribution in [3.8, 4) is 0 Å². The van der Waals surface area contributed by atoms with Crippen LogP contribution >= 0.6 is 0 Å². The molecule has 2 rings (SSSR count). The largest absolute Gasteiger partial charge is 0.478 e. The first kappa shape index (κ1) is 10.9. The predicted octanol–water partition coefficient (Wildman–Crippen LogP) is 2.63. The fourth-order valence-corrected chi connectivity index (χ4v) is 1.45. The Balaban J connectivity index is 2.34. The van der Waals surface area contributed by atoms with Gasteiger partial charge in [-0.05, 0) is 31.9 Å². The molecule has 0 bridgehead atoms. The summed E-state index contributed by atoms with van der Waals surface area (Å²) >= 11 is 0. The van der Waals surface area contributed by atoms with Gasteiger partial charge in [-0.15, -0.1) is 0 Å². The average Bonchev–Trinajstić information content (AvgIpc) is 2.91. The second kappa shape index (κ2) is 3.43. The fourth-order valence-electron chi connectivity index (χ4n) is 1.45. The third kappa shape index (κ3) is 1.85. The van der Waals surface area contributed by atoms with Crippen LogP contribution in [0.5, 0.6) is 0 Å². The van der Waals surface area contributed by atoms with Crippen molar-refractivity contribution in [1.82, 2.24) is 0 Å². The fraction of sp³-hybridized carbons (Fsp3) is 0.364. The van der Waals surface area contributed by atoms with Crippen molar-refractivity contribution in [3.63, 3.8) is 0 Å². The van der Waals surface area contributed by atoms with Gasteiger partial charge in [0.25, 0.3) is 0 Å². The molecule has 16 heavy (non-hydrogen) atoms. The quantitative estimate of drug-likeness (QED) is 0.834. The van der Waals surface area contributed by atoms with Crippen LogP contribution in [0.3, 0.4) is 0 Å². The number of carboxylic acid groups (broad SMARTS) is 1. The van der Waals surface area contributed by atoms with Crippen LogP contribution in [0.4, 0.5) is 14.5 Å². The van der Waals surface area contributed by atoms with Gasteiger partial charge in [-0.25, -0.2) is 13.6 Å². The van der Waals surface area contributed by atoms with Crippen molar-refractivity contribution < 1.29 is 18.7 Å². The van der Waals surface area contributed by atoms with E-state index in [2.05, 4.69) is 5.32 Å². The Morgan fingerprint density at radius 3 is 2.50 bits per heavy atom. The van der Waals surface area contributed by atoms with Crippen LogP contribution in [0.25, 0.3) is 0 Å². The van der Waals surface area contributed by atoms with Crippen LogP contribution < -0.4 is 5.32 Å². The standard InChI is InChI=1S/C11H11F2NO2/c1-11(4-5-11)14-7-3-2-6(10(15)16)8(12)9(7)13/h2-3,14H,4-5H2,1H3,(H,15,16). The summed E-state index contributed by atoms with van der Waals surface area (Å²) in [7, 11) is 0. The average molecular weight is 227 g/mol. The number of nitrogens with one attached hydrogen (secondary N) is 1. The van der Waals surface area contributed by atoms with E-state index >= 15 is 0 Å². The Bertz CT molecular complexity index is 456. The smallest absolute Gasteiger partial charge is 0.338 e. The molecule has 86 valence electrons. The molecule has 1 aromatic carbocycles. The Kier molecular flexibility index (Phi) is 2.33. The van der Waals surface area contributed by atoms with Crippen LogP contribution in [0.1, 0.15) is 30.1 Å². The molecule has 1 aromatic rings. The summed E-state index contributed by atoms with van der Waals surface area (Å²) in [5.41, 5.74) is -0.815. The molecule has 0 saturated heterocycles. The van der Waals surface area contributed by atoms with Crippen molar-refractivity contribution in [3.05, 3.63) is 29.3 Å². The highest BCUT2D eigenvalue weighted by Crippen LogP contribution is 2.39. The molecular formula is C11H11F2NO2. The van der Waals surface area contributed by atoms with E-state index in [1.807, 2.05) is 6.92 Å². The molecule has 2 N–H and O–H groups in total. The van der Waals surface area contributed by atoms with E-state index in [1.54, 1.807) is 0 Å². The number of rotatable bonds is 3. The first-order valence-corrected chi connectivity index (χ1v) is 4.92. The van der Waals surface area contributed by atoms with Crippen LogP contribution in [0.15, 0.2) is 12.1 Å². The maximum atomic E-state index is 13.5. The van der Waals surface area contributed by atoms with E-state index in [0.717, 1.165) is 18.9 Å². The van der Waals surface area contributed by atoms with Crippen molar-refractivity contribution in [2.75, 3.05) is 5.32 Å². The molecule has 1 aliphatic rings. The Morgan fingerprint density at radius 2 is 2.00 bits per heavy atom. The van der Waals surface area contributed by atoms with Gasteiger partial charge < -0.3 is 10.4 Å². The molecule has 0 aromatic heterocycles. The number of hydrogen-bond donors (Lipinski definition) is 2. The van der Waals surface area contributed by atoms with Crippen molar-refractivity contribution in [2.45, 2.75) is 25.3 Å². The van der Waals surface area contributed by atoms with Gasteiger partial charge in [-0.1, -0.05) is 0 Å². The molecule has 0 atom stereocenters. The number of anilines is 1. The van der Waals surface area contributed by atoms with Gasteiger partial charge in [0.2, 0.25) is 0 Å². The zero-order valence-corrected chi connectivity index (χ0v) is 8.68. The number of hydrogen-bond acceptors (Lipinski definition) is 2. The normalized spacial score (nSPS) is 16.9. The highest BCUT2D eigenvalue weighted by molar-refractivity contribution is 5.88. The Morgan fingerprint density at radius 1 is 1.38 bits per heavy atom. The van der Waals surface area contributed by atoms with Crippen LogP contribution in [-0.4, -0.2) is 16.6 Å². The summed E-state index contributed by atoms with van der Waals surface area (Å²) in [6, 6.07) is 2.32. The summed E-state index contributed by atoms with van der Waals surface area (Å²) in [4.78, 5) is 10.6. The number of benzene rings is 1. The molecule has 0 amide bonds. The minimum absolute atomic E-state index is 0.0162. The highest BCUT2D eigenvalue weighted by atomic mass is 19.2. The Hall–Kier alpha value is -1.65. The lowest BCUT2D eigenvalue weighted by Gasteiger charge is -2.14. The topological polar surface area (TPSA) is 49.3 Å². The highest BCUT2D eigenvalue weighted by Gasteiger charge is 2.38. The van der Waals surface area contributed by atoms with E-state index in [1.165, 1.54) is 6.07 Å². The van der Waals surface area contributed by atoms with E-state index in [9.17, 15) is 13.6 Å². The minimum Gasteiger partial charge on any atom is -0.478 e. The van der Waals surface area contributed by atoms with Crippen LogP contribution in [-0.2, 0) is 0 Å². The molecule has 1 aliphatic carbocycles. The molecule has 5 heteroatoms. The van der Waals surface area contributed by atoms with Gasteiger partial charge in [-0.2, -0.15) is 0 Å². The first-order chi connectivity index (χ1) is 7.43. The lowest BCUT2D eigenvalue weighted by atomic mass is 10.1. The molecule has 0 heterocycles. The minimum atomic E-state index is -1.47. The molecule has 0 unspecified atom stereocenters. The van der Waals surface area contributed by atoms with E-state index < -0.39 is 23.2 Å². The lowest BCUT2D eigenvalue weighted by Crippen LogP contribution is -2.18. The molecule has 1 saturated carbocycles. The number of carboxylic acids is 1. The Labute approximate surface area is 91.1 Å². The van der Waals surface area contributed by atoms with Gasteiger partial charge in [0.05, 0.1) is 11.3 Å². The van der Waals surface area contributed by atoms with Crippen molar-refractivity contribution in [1.29, 1.82) is 0 Å². The molecule has 0 spiro atoms. The summed E-state index contributed by atoms with van der Waals surface area (Å²) < 4.78 is 26.8. The maximum absolute atomic E-state index is 13.5. The molecule has 3 nitrogen and oxygen atoms in total. The zero-order valence-electron chi connectivity index (χ0n) is 8.68. The molecule has 0 radical (unpaired) electrons.